The topological polar surface area (TPSA) is 93.2 Å². The molecule has 1 aromatic carbocycles. The van der Waals surface area contributed by atoms with Gasteiger partial charge in [-0.25, -0.2) is 8.42 Å². The van der Waals surface area contributed by atoms with Crippen LogP contribution in [0, 0.1) is 0 Å². The number of ether oxygens (including phenoxy) is 2. The van der Waals surface area contributed by atoms with E-state index in [4.69, 9.17) is 4.74 Å². The molecule has 0 bridgehead atoms. The molecular formula is C15H20N2O6S. The summed E-state index contributed by atoms with van der Waals surface area (Å²) in [4.78, 5) is 24.3. The number of esters is 1. The number of sulfonamides is 1. The SMILES string of the molecule is COc1ccc(S(=O)(=O)N2CCN(C(=O)COC(C)=O)CC2)cc1. The molecule has 1 fully saturated rings. The molecule has 1 aliphatic heterocycles. The molecule has 1 aliphatic rings. The molecule has 2 rings (SSSR count). The minimum atomic E-state index is -3.61. The molecule has 0 unspecified atom stereocenters. The van der Waals surface area contributed by atoms with E-state index in [2.05, 4.69) is 4.74 Å². The lowest BCUT2D eigenvalue weighted by atomic mass is 10.3. The quantitative estimate of drug-likeness (QED) is 0.694. The van der Waals surface area contributed by atoms with Crippen LogP contribution in [0.4, 0.5) is 0 Å². The molecule has 1 saturated heterocycles. The van der Waals surface area contributed by atoms with Crippen molar-refractivity contribution >= 4 is 21.9 Å². The molecule has 9 heteroatoms. The fourth-order valence-electron chi connectivity index (χ4n) is 2.33. The van der Waals surface area contributed by atoms with Crippen molar-refractivity contribution in [1.29, 1.82) is 0 Å². The fraction of sp³-hybridized carbons (Fsp3) is 0.467. The Labute approximate surface area is 141 Å². The van der Waals surface area contributed by atoms with Gasteiger partial charge in [-0.1, -0.05) is 0 Å². The number of hydrogen-bond acceptors (Lipinski definition) is 6. The van der Waals surface area contributed by atoms with Crippen LogP contribution in [-0.2, 0) is 24.3 Å². The number of benzene rings is 1. The second-order valence-electron chi connectivity index (χ2n) is 5.24. The predicted molar refractivity (Wildman–Crippen MR) is 85.0 cm³/mol. The van der Waals surface area contributed by atoms with Crippen LogP contribution in [0.3, 0.4) is 0 Å². The van der Waals surface area contributed by atoms with E-state index in [-0.39, 0.29) is 43.6 Å². The molecule has 0 spiro atoms. The number of hydrogen-bond donors (Lipinski definition) is 0. The molecule has 0 saturated carbocycles. The average molecular weight is 356 g/mol. The Morgan fingerprint density at radius 3 is 2.17 bits per heavy atom. The second-order valence-corrected chi connectivity index (χ2v) is 7.18. The van der Waals surface area contributed by atoms with Gasteiger partial charge >= 0.3 is 5.97 Å². The van der Waals surface area contributed by atoms with Crippen molar-refractivity contribution in [3.8, 4) is 5.75 Å². The summed E-state index contributed by atoms with van der Waals surface area (Å²) in [6.45, 7) is 1.82. The summed E-state index contributed by atoms with van der Waals surface area (Å²) < 4.78 is 36.2. The zero-order valence-electron chi connectivity index (χ0n) is 13.6. The average Bonchev–Trinajstić information content (AvgIpc) is 2.59. The van der Waals surface area contributed by atoms with Crippen LogP contribution < -0.4 is 4.74 Å². The molecule has 24 heavy (non-hydrogen) atoms. The zero-order valence-corrected chi connectivity index (χ0v) is 14.4. The lowest BCUT2D eigenvalue weighted by Gasteiger charge is -2.33. The van der Waals surface area contributed by atoms with Crippen LogP contribution >= 0.6 is 0 Å². The molecule has 0 aliphatic carbocycles. The molecule has 1 amide bonds. The number of nitrogens with zero attached hydrogens (tertiary/aromatic N) is 2. The number of amides is 1. The summed E-state index contributed by atoms with van der Waals surface area (Å²) in [5, 5.41) is 0. The Bertz CT molecular complexity index is 693. The highest BCUT2D eigenvalue weighted by molar-refractivity contribution is 7.89. The van der Waals surface area contributed by atoms with Crippen molar-refractivity contribution < 1.29 is 27.5 Å². The van der Waals surface area contributed by atoms with Crippen molar-refractivity contribution in [3.63, 3.8) is 0 Å². The summed E-state index contributed by atoms with van der Waals surface area (Å²) >= 11 is 0. The molecule has 0 aromatic heterocycles. The van der Waals surface area contributed by atoms with Gasteiger partial charge in [0.25, 0.3) is 5.91 Å². The Morgan fingerprint density at radius 1 is 1.08 bits per heavy atom. The van der Waals surface area contributed by atoms with E-state index in [1.54, 1.807) is 12.1 Å². The van der Waals surface area contributed by atoms with E-state index in [9.17, 15) is 18.0 Å². The second kappa shape index (κ2) is 7.63. The van der Waals surface area contributed by atoms with Gasteiger partial charge < -0.3 is 14.4 Å². The number of carbonyl (C=O) groups excluding carboxylic acids is 2. The van der Waals surface area contributed by atoms with Crippen molar-refractivity contribution in [1.82, 2.24) is 9.21 Å². The molecule has 0 N–H and O–H groups in total. The van der Waals surface area contributed by atoms with Crippen LogP contribution in [0.25, 0.3) is 0 Å². The lowest BCUT2D eigenvalue weighted by molar-refractivity contribution is -0.150. The molecule has 0 radical (unpaired) electrons. The molecule has 8 nitrogen and oxygen atoms in total. The number of rotatable bonds is 5. The maximum Gasteiger partial charge on any atom is 0.303 e. The molecule has 132 valence electrons. The van der Waals surface area contributed by atoms with Gasteiger partial charge in [0, 0.05) is 33.1 Å². The first-order valence-electron chi connectivity index (χ1n) is 7.40. The largest absolute Gasteiger partial charge is 0.497 e. The lowest BCUT2D eigenvalue weighted by Crippen LogP contribution is -2.51. The van der Waals surface area contributed by atoms with E-state index >= 15 is 0 Å². The first-order chi connectivity index (χ1) is 11.3. The highest BCUT2D eigenvalue weighted by atomic mass is 32.2. The van der Waals surface area contributed by atoms with Gasteiger partial charge in [0.15, 0.2) is 6.61 Å². The Morgan fingerprint density at radius 2 is 1.67 bits per heavy atom. The Hall–Kier alpha value is -2.13. The summed E-state index contributed by atoms with van der Waals surface area (Å²) in [6, 6.07) is 6.16. The zero-order chi connectivity index (χ0) is 17.7. The first kappa shape index (κ1) is 18.2. The predicted octanol–water partition coefficient (Wildman–Crippen LogP) is 0.0912. The molecule has 0 atom stereocenters. The summed E-state index contributed by atoms with van der Waals surface area (Å²) in [7, 11) is -2.10. The smallest absolute Gasteiger partial charge is 0.303 e. The van der Waals surface area contributed by atoms with E-state index < -0.39 is 16.0 Å². The van der Waals surface area contributed by atoms with E-state index in [1.807, 2.05) is 0 Å². The van der Waals surface area contributed by atoms with E-state index in [0.29, 0.717) is 5.75 Å². The Kier molecular flexibility index (Phi) is 5.79. The molecule has 1 aromatic rings. The van der Waals surface area contributed by atoms with E-state index in [0.717, 1.165) is 0 Å². The monoisotopic (exact) mass is 356 g/mol. The van der Waals surface area contributed by atoms with Gasteiger partial charge in [0.1, 0.15) is 5.75 Å². The third-order valence-electron chi connectivity index (χ3n) is 3.69. The van der Waals surface area contributed by atoms with Crippen molar-refractivity contribution in [2.75, 3.05) is 39.9 Å². The normalized spacial score (nSPS) is 15.8. The van der Waals surface area contributed by atoms with Gasteiger partial charge in [-0.3, -0.25) is 9.59 Å². The molecular weight excluding hydrogens is 336 g/mol. The van der Waals surface area contributed by atoms with Crippen LogP contribution in [0.2, 0.25) is 0 Å². The summed E-state index contributed by atoms with van der Waals surface area (Å²) in [5.74, 6) is -0.273. The van der Waals surface area contributed by atoms with Crippen LogP contribution in [0.5, 0.6) is 5.75 Å². The third kappa shape index (κ3) is 4.24. The summed E-state index contributed by atoms with van der Waals surface area (Å²) in [6.07, 6.45) is 0. The van der Waals surface area contributed by atoms with E-state index in [1.165, 1.54) is 35.4 Å². The number of methoxy groups -OCH3 is 1. The highest BCUT2D eigenvalue weighted by Crippen LogP contribution is 2.20. The number of piperazine rings is 1. The Balaban J connectivity index is 1.97. The van der Waals surface area contributed by atoms with Gasteiger partial charge in [-0.05, 0) is 24.3 Å². The summed E-state index contributed by atoms with van der Waals surface area (Å²) in [5.41, 5.74) is 0. The fourth-order valence-corrected chi connectivity index (χ4v) is 3.75. The number of carbonyl (C=O) groups is 2. The van der Waals surface area contributed by atoms with Crippen molar-refractivity contribution in [2.45, 2.75) is 11.8 Å². The van der Waals surface area contributed by atoms with Gasteiger partial charge in [-0.15, -0.1) is 0 Å². The first-order valence-corrected chi connectivity index (χ1v) is 8.84. The maximum absolute atomic E-state index is 12.6. The van der Waals surface area contributed by atoms with Gasteiger partial charge in [-0.2, -0.15) is 4.31 Å². The van der Waals surface area contributed by atoms with Crippen LogP contribution in [0.1, 0.15) is 6.92 Å². The third-order valence-corrected chi connectivity index (χ3v) is 5.60. The van der Waals surface area contributed by atoms with Gasteiger partial charge in [0.2, 0.25) is 10.0 Å². The standard InChI is InChI=1S/C15H20N2O6S/c1-12(18)23-11-15(19)16-7-9-17(10-8-16)24(20,21)14-5-3-13(22-2)4-6-14/h3-6H,7-11H2,1-2H3. The van der Waals surface area contributed by atoms with Crippen LogP contribution in [-0.4, -0.2) is 69.4 Å². The van der Waals surface area contributed by atoms with Gasteiger partial charge in [0.05, 0.1) is 12.0 Å². The minimum absolute atomic E-state index is 0.183. The van der Waals surface area contributed by atoms with Crippen molar-refractivity contribution in [2.24, 2.45) is 0 Å². The highest BCUT2D eigenvalue weighted by Gasteiger charge is 2.30. The molecule has 1 heterocycles. The van der Waals surface area contributed by atoms with Crippen molar-refractivity contribution in [3.05, 3.63) is 24.3 Å². The minimum Gasteiger partial charge on any atom is -0.497 e. The maximum atomic E-state index is 12.6. The van der Waals surface area contributed by atoms with Crippen LogP contribution in [0.15, 0.2) is 29.2 Å².